The molecule has 7 heteroatoms. The fraction of sp³-hybridized carbons (Fsp3) is 0.143. The molecule has 1 aromatic heterocycles. The van der Waals surface area contributed by atoms with E-state index in [9.17, 15) is 9.59 Å². The summed E-state index contributed by atoms with van der Waals surface area (Å²) in [7, 11) is 1.34. The summed E-state index contributed by atoms with van der Waals surface area (Å²) >= 11 is 0. The molecule has 2 N–H and O–H groups in total. The fourth-order valence-electron chi connectivity index (χ4n) is 2.57. The van der Waals surface area contributed by atoms with Crippen LogP contribution < -0.4 is 10.6 Å². The Morgan fingerprint density at radius 1 is 0.929 bits per heavy atom. The third kappa shape index (κ3) is 4.70. The standard InChI is InChI=1S/C21H20N4O3/c1-14(15-6-4-3-5-7-15)22-20(26)18-12-13-19(25-24-18)23-17-10-8-16(9-11-17)21(27)28-2/h3-14H,1-2H3,(H,22,26)(H,23,25). The van der Waals surface area contributed by atoms with Gasteiger partial charge in [-0.3, -0.25) is 4.79 Å². The molecule has 0 radical (unpaired) electrons. The number of esters is 1. The quantitative estimate of drug-likeness (QED) is 0.640. The van der Waals surface area contributed by atoms with Crippen molar-refractivity contribution in [2.45, 2.75) is 13.0 Å². The van der Waals surface area contributed by atoms with Crippen molar-refractivity contribution in [3.8, 4) is 0 Å². The van der Waals surface area contributed by atoms with Crippen LogP contribution >= 0.6 is 0 Å². The van der Waals surface area contributed by atoms with E-state index in [1.165, 1.54) is 7.11 Å². The summed E-state index contributed by atoms with van der Waals surface area (Å²) in [6.07, 6.45) is 0. The van der Waals surface area contributed by atoms with Crippen molar-refractivity contribution >= 4 is 23.4 Å². The summed E-state index contributed by atoms with van der Waals surface area (Å²) in [5.74, 6) is -0.206. The van der Waals surface area contributed by atoms with Gasteiger partial charge in [0, 0.05) is 5.69 Å². The minimum Gasteiger partial charge on any atom is -0.465 e. The maximum Gasteiger partial charge on any atom is 0.337 e. The lowest BCUT2D eigenvalue weighted by molar-refractivity contribution is 0.0600. The average molecular weight is 376 g/mol. The Morgan fingerprint density at radius 2 is 1.64 bits per heavy atom. The van der Waals surface area contributed by atoms with Crippen molar-refractivity contribution in [1.82, 2.24) is 15.5 Å². The Kier molecular flexibility index (Phi) is 5.96. The number of amides is 1. The predicted molar refractivity (Wildman–Crippen MR) is 105 cm³/mol. The minimum atomic E-state index is -0.397. The highest BCUT2D eigenvalue weighted by Crippen LogP contribution is 2.16. The Balaban J connectivity index is 1.61. The van der Waals surface area contributed by atoms with E-state index in [1.807, 2.05) is 37.3 Å². The number of methoxy groups -OCH3 is 1. The van der Waals surface area contributed by atoms with Crippen LogP contribution in [0, 0.1) is 0 Å². The minimum absolute atomic E-state index is 0.137. The van der Waals surface area contributed by atoms with Gasteiger partial charge in [0.2, 0.25) is 0 Å². The smallest absolute Gasteiger partial charge is 0.337 e. The molecule has 2 aromatic carbocycles. The average Bonchev–Trinajstić information content (AvgIpc) is 2.74. The molecule has 142 valence electrons. The lowest BCUT2D eigenvalue weighted by atomic mass is 10.1. The third-order valence-corrected chi connectivity index (χ3v) is 4.12. The van der Waals surface area contributed by atoms with Gasteiger partial charge in [-0.05, 0) is 48.9 Å². The number of ether oxygens (including phenoxy) is 1. The predicted octanol–water partition coefficient (Wildman–Crippen LogP) is 3.50. The molecule has 3 aromatic rings. The van der Waals surface area contributed by atoms with E-state index in [1.54, 1.807) is 36.4 Å². The van der Waals surface area contributed by atoms with E-state index in [4.69, 9.17) is 0 Å². The summed E-state index contributed by atoms with van der Waals surface area (Å²) in [6.45, 7) is 1.91. The summed E-state index contributed by atoms with van der Waals surface area (Å²) in [5.41, 5.74) is 2.43. The lowest BCUT2D eigenvalue weighted by Gasteiger charge is -2.13. The number of nitrogens with one attached hydrogen (secondary N) is 2. The number of carbonyl (C=O) groups excluding carboxylic acids is 2. The molecule has 0 aliphatic carbocycles. The molecule has 1 atom stereocenters. The second kappa shape index (κ2) is 8.77. The Bertz CT molecular complexity index is 942. The number of aromatic nitrogens is 2. The first-order valence-electron chi connectivity index (χ1n) is 8.72. The number of hydrogen-bond donors (Lipinski definition) is 2. The summed E-state index contributed by atoms with van der Waals surface area (Å²) in [4.78, 5) is 23.8. The molecular weight excluding hydrogens is 356 g/mol. The van der Waals surface area contributed by atoms with Gasteiger partial charge in [0.25, 0.3) is 5.91 Å². The summed E-state index contributed by atoms with van der Waals surface area (Å²) in [6, 6.07) is 19.6. The van der Waals surface area contributed by atoms with Gasteiger partial charge in [-0.25, -0.2) is 4.79 Å². The van der Waals surface area contributed by atoms with Crippen LogP contribution in [0.2, 0.25) is 0 Å². The van der Waals surface area contributed by atoms with Gasteiger partial charge >= 0.3 is 5.97 Å². The summed E-state index contributed by atoms with van der Waals surface area (Å²) in [5, 5.41) is 14.0. The van der Waals surface area contributed by atoms with Crippen LogP contribution in [-0.4, -0.2) is 29.2 Å². The van der Waals surface area contributed by atoms with E-state index in [-0.39, 0.29) is 17.6 Å². The topological polar surface area (TPSA) is 93.2 Å². The van der Waals surface area contributed by atoms with E-state index < -0.39 is 5.97 Å². The van der Waals surface area contributed by atoms with Crippen LogP contribution in [0.5, 0.6) is 0 Å². The molecule has 28 heavy (non-hydrogen) atoms. The van der Waals surface area contributed by atoms with Gasteiger partial charge in [-0.15, -0.1) is 10.2 Å². The third-order valence-electron chi connectivity index (χ3n) is 4.12. The molecule has 0 saturated carbocycles. The molecule has 0 bridgehead atoms. The highest BCUT2D eigenvalue weighted by Gasteiger charge is 2.13. The van der Waals surface area contributed by atoms with Crippen LogP contribution in [0.4, 0.5) is 11.5 Å². The monoisotopic (exact) mass is 376 g/mol. The highest BCUT2D eigenvalue weighted by molar-refractivity contribution is 5.92. The molecule has 7 nitrogen and oxygen atoms in total. The maximum atomic E-state index is 12.4. The van der Waals surface area contributed by atoms with Gasteiger partial charge in [-0.1, -0.05) is 30.3 Å². The first-order valence-corrected chi connectivity index (χ1v) is 8.72. The van der Waals surface area contributed by atoms with Crippen molar-refractivity contribution < 1.29 is 14.3 Å². The van der Waals surface area contributed by atoms with E-state index in [2.05, 4.69) is 25.6 Å². The molecule has 1 unspecified atom stereocenters. The van der Waals surface area contributed by atoms with E-state index in [0.717, 1.165) is 11.3 Å². The van der Waals surface area contributed by atoms with Gasteiger partial charge in [0.15, 0.2) is 11.5 Å². The molecule has 1 amide bonds. The van der Waals surface area contributed by atoms with Gasteiger partial charge in [-0.2, -0.15) is 0 Å². The molecule has 0 aliphatic heterocycles. The zero-order valence-corrected chi connectivity index (χ0v) is 15.5. The van der Waals surface area contributed by atoms with Crippen LogP contribution in [0.25, 0.3) is 0 Å². The number of carbonyl (C=O) groups is 2. The normalized spacial score (nSPS) is 11.4. The Hall–Kier alpha value is -3.74. The van der Waals surface area contributed by atoms with Gasteiger partial charge in [0.05, 0.1) is 18.7 Å². The maximum absolute atomic E-state index is 12.4. The van der Waals surface area contributed by atoms with Crippen molar-refractivity contribution in [3.05, 3.63) is 83.6 Å². The van der Waals surface area contributed by atoms with Crippen molar-refractivity contribution in [1.29, 1.82) is 0 Å². The summed E-state index contributed by atoms with van der Waals surface area (Å²) < 4.78 is 4.67. The van der Waals surface area contributed by atoms with Crippen molar-refractivity contribution in [3.63, 3.8) is 0 Å². The first-order chi connectivity index (χ1) is 13.6. The van der Waals surface area contributed by atoms with Gasteiger partial charge < -0.3 is 15.4 Å². The fourth-order valence-corrected chi connectivity index (χ4v) is 2.57. The first kappa shape index (κ1) is 19.0. The van der Waals surface area contributed by atoms with Crippen molar-refractivity contribution in [2.75, 3.05) is 12.4 Å². The molecule has 3 rings (SSSR count). The lowest BCUT2D eigenvalue weighted by Crippen LogP contribution is -2.27. The number of nitrogens with zero attached hydrogens (tertiary/aromatic N) is 2. The van der Waals surface area contributed by atoms with E-state index >= 15 is 0 Å². The molecule has 0 fully saturated rings. The number of rotatable bonds is 6. The molecular formula is C21H20N4O3. The number of anilines is 2. The Labute approximate surface area is 162 Å². The molecule has 0 aliphatic rings. The van der Waals surface area contributed by atoms with E-state index in [0.29, 0.717) is 11.4 Å². The zero-order valence-electron chi connectivity index (χ0n) is 15.5. The molecule has 1 heterocycles. The molecule has 0 spiro atoms. The zero-order chi connectivity index (χ0) is 19.9. The van der Waals surface area contributed by atoms with Crippen LogP contribution in [0.1, 0.15) is 39.4 Å². The Morgan fingerprint density at radius 3 is 2.25 bits per heavy atom. The number of benzene rings is 2. The SMILES string of the molecule is COC(=O)c1ccc(Nc2ccc(C(=O)NC(C)c3ccccc3)nn2)cc1. The highest BCUT2D eigenvalue weighted by atomic mass is 16.5. The second-order valence-corrected chi connectivity index (χ2v) is 6.10. The molecule has 0 saturated heterocycles. The van der Waals surface area contributed by atoms with Gasteiger partial charge in [0.1, 0.15) is 0 Å². The van der Waals surface area contributed by atoms with Crippen LogP contribution in [0.3, 0.4) is 0 Å². The number of hydrogen-bond acceptors (Lipinski definition) is 6. The van der Waals surface area contributed by atoms with Crippen LogP contribution in [0.15, 0.2) is 66.7 Å². The van der Waals surface area contributed by atoms with Crippen LogP contribution in [-0.2, 0) is 4.74 Å². The largest absolute Gasteiger partial charge is 0.465 e. The second-order valence-electron chi connectivity index (χ2n) is 6.10. The van der Waals surface area contributed by atoms with Crippen molar-refractivity contribution in [2.24, 2.45) is 0 Å².